The molecule has 72 valence electrons. The molecule has 4 nitrogen and oxygen atoms in total. The van der Waals surface area contributed by atoms with Crippen LogP contribution in [-0.2, 0) is 9.53 Å². The first-order chi connectivity index (χ1) is 5.57. The highest BCUT2D eigenvalue weighted by Crippen LogP contribution is 1.97. The van der Waals surface area contributed by atoms with Gasteiger partial charge in [0.25, 0.3) is 0 Å². The van der Waals surface area contributed by atoms with Crippen LogP contribution in [0.3, 0.4) is 0 Å². The van der Waals surface area contributed by atoms with Gasteiger partial charge in [-0.1, -0.05) is 6.92 Å². The molecule has 0 aliphatic carbocycles. The standard InChI is InChI=1S/C8H18N2O2/c1-3-6(2)12-5-4-7(9)8(10)11/h6-7H,3-5,9H2,1-2H3,(H2,10,11). The molecule has 2 atom stereocenters. The van der Waals surface area contributed by atoms with E-state index in [0.717, 1.165) is 6.42 Å². The molecule has 0 aromatic rings. The van der Waals surface area contributed by atoms with Crippen LogP contribution in [0, 0.1) is 0 Å². The van der Waals surface area contributed by atoms with Gasteiger partial charge in [-0.25, -0.2) is 0 Å². The molecular formula is C8H18N2O2. The van der Waals surface area contributed by atoms with Crippen molar-refractivity contribution in [3.63, 3.8) is 0 Å². The minimum absolute atomic E-state index is 0.227. The van der Waals surface area contributed by atoms with E-state index in [9.17, 15) is 4.79 Å². The van der Waals surface area contributed by atoms with Gasteiger partial charge in [0.05, 0.1) is 12.1 Å². The fourth-order valence-corrected chi connectivity index (χ4v) is 0.656. The van der Waals surface area contributed by atoms with Gasteiger partial charge in [-0.3, -0.25) is 4.79 Å². The van der Waals surface area contributed by atoms with Crippen molar-refractivity contribution in [2.24, 2.45) is 11.5 Å². The van der Waals surface area contributed by atoms with Gasteiger partial charge in [-0.05, 0) is 19.8 Å². The highest BCUT2D eigenvalue weighted by Gasteiger charge is 2.08. The van der Waals surface area contributed by atoms with E-state index in [1.54, 1.807) is 0 Å². The summed E-state index contributed by atoms with van der Waals surface area (Å²) in [6.07, 6.45) is 1.69. The molecule has 0 aromatic carbocycles. The van der Waals surface area contributed by atoms with Crippen LogP contribution in [-0.4, -0.2) is 24.7 Å². The van der Waals surface area contributed by atoms with E-state index in [4.69, 9.17) is 16.2 Å². The van der Waals surface area contributed by atoms with Gasteiger partial charge in [-0.2, -0.15) is 0 Å². The summed E-state index contributed by atoms with van der Waals surface area (Å²) in [4.78, 5) is 10.5. The summed E-state index contributed by atoms with van der Waals surface area (Å²) in [7, 11) is 0. The molecule has 2 unspecified atom stereocenters. The second-order valence-corrected chi connectivity index (χ2v) is 2.89. The van der Waals surface area contributed by atoms with Crippen molar-refractivity contribution in [2.75, 3.05) is 6.61 Å². The van der Waals surface area contributed by atoms with E-state index in [0.29, 0.717) is 13.0 Å². The van der Waals surface area contributed by atoms with Crippen molar-refractivity contribution in [3.8, 4) is 0 Å². The highest BCUT2D eigenvalue weighted by atomic mass is 16.5. The quantitative estimate of drug-likeness (QED) is 0.595. The number of rotatable bonds is 6. The van der Waals surface area contributed by atoms with E-state index in [2.05, 4.69) is 0 Å². The molecular weight excluding hydrogens is 156 g/mol. The second kappa shape index (κ2) is 5.97. The predicted molar refractivity (Wildman–Crippen MR) is 47.5 cm³/mol. The molecule has 0 radical (unpaired) electrons. The number of amides is 1. The third-order valence-corrected chi connectivity index (χ3v) is 1.77. The zero-order valence-corrected chi connectivity index (χ0v) is 7.75. The Morgan fingerprint density at radius 1 is 1.58 bits per heavy atom. The molecule has 0 spiro atoms. The zero-order valence-electron chi connectivity index (χ0n) is 7.75. The van der Waals surface area contributed by atoms with Crippen LogP contribution in [0.15, 0.2) is 0 Å². The fraction of sp³-hybridized carbons (Fsp3) is 0.875. The van der Waals surface area contributed by atoms with Gasteiger partial charge < -0.3 is 16.2 Å². The van der Waals surface area contributed by atoms with E-state index in [1.165, 1.54) is 0 Å². The Balaban J connectivity index is 3.37. The Morgan fingerprint density at radius 3 is 2.58 bits per heavy atom. The van der Waals surface area contributed by atoms with Crippen molar-refractivity contribution in [3.05, 3.63) is 0 Å². The minimum atomic E-state index is -0.575. The maximum absolute atomic E-state index is 10.5. The van der Waals surface area contributed by atoms with Crippen LogP contribution in [0.5, 0.6) is 0 Å². The Labute approximate surface area is 73.2 Å². The van der Waals surface area contributed by atoms with E-state index >= 15 is 0 Å². The third-order valence-electron chi connectivity index (χ3n) is 1.77. The minimum Gasteiger partial charge on any atom is -0.378 e. The second-order valence-electron chi connectivity index (χ2n) is 2.89. The van der Waals surface area contributed by atoms with E-state index in [-0.39, 0.29) is 6.10 Å². The first kappa shape index (κ1) is 11.4. The molecule has 12 heavy (non-hydrogen) atoms. The van der Waals surface area contributed by atoms with Crippen LogP contribution < -0.4 is 11.5 Å². The Bertz CT molecular complexity index is 139. The lowest BCUT2D eigenvalue weighted by Crippen LogP contribution is -2.37. The van der Waals surface area contributed by atoms with Crippen LogP contribution in [0.2, 0.25) is 0 Å². The molecule has 1 amide bonds. The lowest BCUT2D eigenvalue weighted by molar-refractivity contribution is -0.119. The molecule has 0 aliphatic rings. The number of nitrogens with two attached hydrogens (primary N) is 2. The van der Waals surface area contributed by atoms with Gasteiger partial charge in [0.15, 0.2) is 0 Å². The maximum atomic E-state index is 10.5. The number of hydrogen-bond acceptors (Lipinski definition) is 3. The lowest BCUT2D eigenvalue weighted by Gasteiger charge is -2.12. The van der Waals surface area contributed by atoms with Crippen LogP contribution in [0.1, 0.15) is 26.7 Å². The molecule has 0 heterocycles. The highest BCUT2D eigenvalue weighted by molar-refractivity contribution is 5.79. The summed E-state index contributed by atoms with van der Waals surface area (Å²) in [5, 5.41) is 0. The summed E-state index contributed by atoms with van der Waals surface area (Å²) < 4.78 is 5.32. The van der Waals surface area contributed by atoms with Crippen molar-refractivity contribution >= 4 is 5.91 Å². The summed E-state index contributed by atoms with van der Waals surface area (Å²) >= 11 is 0. The first-order valence-electron chi connectivity index (χ1n) is 4.24. The topological polar surface area (TPSA) is 78.3 Å². The molecule has 0 fully saturated rings. The van der Waals surface area contributed by atoms with Crippen molar-refractivity contribution in [1.82, 2.24) is 0 Å². The van der Waals surface area contributed by atoms with Crippen molar-refractivity contribution < 1.29 is 9.53 Å². The Kier molecular flexibility index (Phi) is 5.66. The molecule has 0 saturated carbocycles. The number of primary amides is 1. The summed E-state index contributed by atoms with van der Waals surface area (Å²) in [6, 6.07) is -0.575. The maximum Gasteiger partial charge on any atom is 0.234 e. The normalized spacial score (nSPS) is 15.6. The summed E-state index contributed by atoms with van der Waals surface area (Å²) in [6.45, 7) is 4.52. The molecule has 0 saturated heterocycles. The van der Waals surface area contributed by atoms with Gasteiger partial charge in [0.1, 0.15) is 0 Å². The number of carbonyl (C=O) groups is 1. The third kappa shape index (κ3) is 5.09. The zero-order chi connectivity index (χ0) is 9.56. The Morgan fingerprint density at radius 2 is 2.17 bits per heavy atom. The smallest absolute Gasteiger partial charge is 0.234 e. The van der Waals surface area contributed by atoms with Gasteiger partial charge >= 0.3 is 0 Å². The largest absolute Gasteiger partial charge is 0.378 e. The first-order valence-corrected chi connectivity index (χ1v) is 4.24. The van der Waals surface area contributed by atoms with Crippen molar-refractivity contribution in [1.29, 1.82) is 0 Å². The van der Waals surface area contributed by atoms with E-state index < -0.39 is 11.9 Å². The summed E-state index contributed by atoms with van der Waals surface area (Å²) in [5.41, 5.74) is 10.4. The lowest BCUT2D eigenvalue weighted by atomic mass is 10.2. The predicted octanol–water partition coefficient (Wildman–Crippen LogP) is 0.00420. The van der Waals surface area contributed by atoms with Gasteiger partial charge in [-0.15, -0.1) is 0 Å². The van der Waals surface area contributed by atoms with Crippen molar-refractivity contribution in [2.45, 2.75) is 38.8 Å². The number of carbonyl (C=O) groups excluding carboxylic acids is 1. The van der Waals surface area contributed by atoms with Crippen LogP contribution >= 0.6 is 0 Å². The van der Waals surface area contributed by atoms with E-state index in [1.807, 2.05) is 13.8 Å². The molecule has 0 aliphatic heterocycles. The molecule has 4 heteroatoms. The fourth-order valence-electron chi connectivity index (χ4n) is 0.656. The average Bonchev–Trinajstić information content (AvgIpc) is 2.03. The monoisotopic (exact) mass is 174 g/mol. The molecule has 0 aromatic heterocycles. The van der Waals surface area contributed by atoms with Crippen LogP contribution in [0.25, 0.3) is 0 Å². The molecule has 4 N–H and O–H groups in total. The number of hydrogen-bond donors (Lipinski definition) is 2. The van der Waals surface area contributed by atoms with Gasteiger partial charge in [0, 0.05) is 6.61 Å². The average molecular weight is 174 g/mol. The number of ether oxygens (including phenoxy) is 1. The van der Waals surface area contributed by atoms with Crippen LogP contribution in [0.4, 0.5) is 0 Å². The SMILES string of the molecule is CCC(C)OCCC(N)C(N)=O. The molecule has 0 bridgehead atoms. The van der Waals surface area contributed by atoms with Gasteiger partial charge in [0.2, 0.25) is 5.91 Å². The Hall–Kier alpha value is -0.610. The molecule has 0 rings (SSSR count). The summed E-state index contributed by atoms with van der Waals surface area (Å²) in [5.74, 6) is -0.470.